The van der Waals surface area contributed by atoms with Gasteiger partial charge in [-0.15, -0.1) is 0 Å². The molecule has 0 bridgehead atoms. The maximum atomic E-state index is 12.5. The molecule has 2 N–H and O–H groups in total. The number of anilines is 1. The van der Waals surface area contributed by atoms with Gasteiger partial charge in [0.05, 0.1) is 11.1 Å². The third kappa shape index (κ3) is 4.99. The molecule has 0 spiro atoms. The van der Waals surface area contributed by atoms with Crippen molar-refractivity contribution in [1.82, 2.24) is 19.7 Å². The number of hydrogen-bond donors (Lipinski definition) is 2. The fourth-order valence-electron chi connectivity index (χ4n) is 4.38. The van der Waals surface area contributed by atoms with E-state index in [1.165, 1.54) is 0 Å². The molecule has 30 heavy (non-hydrogen) atoms. The van der Waals surface area contributed by atoms with Crippen LogP contribution < -0.4 is 9.62 Å². The highest BCUT2D eigenvalue weighted by atomic mass is 32.2. The molecule has 1 saturated carbocycles. The second-order valence-corrected chi connectivity index (χ2v) is 9.99. The minimum atomic E-state index is -3.25. The van der Waals surface area contributed by atoms with Gasteiger partial charge in [0, 0.05) is 25.8 Å². The maximum absolute atomic E-state index is 12.5. The first kappa shape index (κ1) is 20.8. The largest absolute Gasteiger partial charge is 0.356 e. The Labute approximate surface area is 178 Å². The highest BCUT2D eigenvalue weighted by molar-refractivity contribution is 7.89. The Balaban J connectivity index is 1.27. The molecule has 7 nitrogen and oxygen atoms in total. The molecule has 0 atom stereocenters. The van der Waals surface area contributed by atoms with Crippen LogP contribution in [0.2, 0.25) is 0 Å². The Morgan fingerprint density at radius 1 is 1.10 bits per heavy atom. The van der Waals surface area contributed by atoms with Crippen LogP contribution in [0.4, 0.5) is 5.82 Å². The number of nitrogens with one attached hydrogen (secondary N) is 2. The summed E-state index contributed by atoms with van der Waals surface area (Å²) in [6, 6.07) is 12.3. The number of H-pyrrole nitrogens is 1. The molecule has 1 aliphatic carbocycles. The molecule has 1 aliphatic rings. The van der Waals surface area contributed by atoms with Crippen LogP contribution >= 0.6 is 0 Å². The van der Waals surface area contributed by atoms with Crippen molar-refractivity contribution in [3.05, 3.63) is 54.5 Å². The van der Waals surface area contributed by atoms with Gasteiger partial charge in [-0.25, -0.2) is 23.1 Å². The molecule has 1 aromatic carbocycles. The number of rotatable bonds is 8. The normalized spacial score (nSPS) is 19.8. The van der Waals surface area contributed by atoms with E-state index in [0.717, 1.165) is 48.1 Å². The quantitative estimate of drug-likeness (QED) is 0.576. The van der Waals surface area contributed by atoms with Crippen LogP contribution in [0.1, 0.15) is 31.2 Å². The average molecular weight is 428 g/mol. The first-order chi connectivity index (χ1) is 14.5. The van der Waals surface area contributed by atoms with Crippen molar-refractivity contribution in [2.45, 2.75) is 38.1 Å². The Kier molecular flexibility index (Phi) is 6.34. The van der Waals surface area contributed by atoms with Crippen LogP contribution in [0.15, 0.2) is 48.9 Å². The molecular weight excluding hydrogens is 398 g/mol. The van der Waals surface area contributed by atoms with Crippen LogP contribution in [0.5, 0.6) is 0 Å². The number of fused-ring (bicyclic) bond motifs is 1. The van der Waals surface area contributed by atoms with Gasteiger partial charge in [0.15, 0.2) is 0 Å². The number of nitrogens with zero attached hydrogens (tertiary/aromatic N) is 3. The van der Waals surface area contributed by atoms with Crippen LogP contribution in [-0.4, -0.2) is 48.8 Å². The Morgan fingerprint density at radius 3 is 2.63 bits per heavy atom. The lowest BCUT2D eigenvalue weighted by atomic mass is 9.86. The molecule has 2 heterocycles. The topological polar surface area (TPSA) is 91.0 Å². The number of sulfonamides is 1. The molecule has 0 radical (unpaired) electrons. The summed E-state index contributed by atoms with van der Waals surface area (Å²) >= 11 is 0. The number of hydrogen-bond acceptors (Lipinski definition) is 5. The lowest BCUT2D eigenvalue weighted by Crippen LogP contribution is -2.38. The zero-order chi connectivity index (χ0) is 21.0. The fourth-order valence-corrected chi connectivity index (χ4v) is 5.86. The van der Waals surface area contributed by atoms with E-state index in [2.05, 4.69) is 31.6 Å². The predicted molar refractivity (Wildman–Crippen MR) is 120 cm³/mol. The van der Waals surface area contributed by atoms with Gasteiger partial charge in [0.1, 0.15) is 17.8 Å². The van der Waals surface area contributed by atoms with Crippen molar-refractivity contribution in [3.8, 4) is 0 Å². The zero-order valence-electron chi connectivity index (χ0n) is 17.3. The van der Waals surface area contributed by atoms with Gasteiger partial charge < -0.3 is 9.88 Å². The van der Waals surface area contributed by atoms with Crippen LogP contribution in [0, 0.1) is 5.92 Å². The molecule has 160 valence electrons. The summed E-state index contributed by atoms with van der Waals surface area (Å²) < 4.78 is 27.8. The van der Waals surface area contributed by atoms with E-state index in [4.69, 9.17) is 0 Å². The van der Waals surface area contributed by atoms with E-state index < -0.39 is 10.0 Å². The Hall–Kier alpha value is -2.45. The van der Waals surface area contributed by atoms with Crippen LogP contribution in [0.25, 0.3) is 11.0 Å². The van der Waals surface area contributed by atoms with E-state index in [1.807, 2.05) is 42.6 Å². The van der Waals surface area contributed by atoms with Crippen molar-refractivity contribution in [2.24, 2.45) is 5.92 Å². The van der Waals surface area contributed by atoms with Gasteiger partial charge in [-0.05, 0) is 49.7 Å². The molecule has 4 rings (SSSR count). The van der Waals surface area contributed by atoms with Crippen molar-refractivity contribution in [1.29, 1.82) is 0 Å². The minimum absolute atomic E-state index is 0.210. The molecule has 0 aliphatic heterocycles. The molecule has 0 saturated heterocycles. The van der Waals surface area contributed by atoms with Crippen molar-refractivity contribution in [3.63, 3.8) is 0 Å². The van der Waals surface area contributed by atoms with Gasteiger partial charge in [0.2, 0.25) is 10.0 Å². The molecule has 0 unspecified atom stereocenters. The van der Waals surface area contributed by atoms with Crippen molar-refractivity contribution < 1.29 is 8.42 Å². The highest BCUT2D eigenvalue weighted by Crippen LogP contribution is 2.31. The van der Waals surface area contributed by atoms with Crippen molar-refractivity contribution in [2.75, 3.05) is 24.2 Å². The highest BCUT2D eigenvalue weighted by Gasteiger charge is 2.28. The standard InChI is InChI=1S/C22H29N5O2S/c1-27(22-20-12-13-23-21(20)24-16-25-22)19-9-7-18(8-10-19)15-30(28,29)26-14-11-17-5-3-2-4-6-17/h2-6,12-13,16,18-19,26H,7-11,14-15H2,1H3,(H,23,24,25)/t18-,19-. The summed E-state index contributed by atoms with van der Waals surface area (Å²) in [5, 5.41) is 1.02. The van der Waals surface area contributed by atoms with Gasteiger partial charge in [-0.3, -0.25) is 0 Å². The summed E-state index contributed by atoms with van der Waals surface area (Å²) in [6.45, 7) is 0.449. The number of aromatic nitrogens is 3. The van der Waals surface area contributed by atoms with Gasteiger partial charge in [0.25, 0.3) is 0 Å². The van der Waals surface area contributed by atoms with Gasteiger partial charge in [-0.1, -0.05) is 30.3 Å². The number of aromatic amines is 1. The Bertz CT molecular complexity index is 1060. The third-order valence-electron chi connectivity index (χ3n) is 6.06. The smallest absolute Gasteiger partial charge is 0.211 e. The van der Waals surface area contributed by atoms with E-state index in [0.29, 0.717) is 19.0 Å². The third-order valence-corrected chi connectivity index (χ3v) is 7.62. The van der Waals surface area contributed by atoms with Crippen LogP contribution in [-0.2, 0) is 16.4 Å². The lowest BCUT2D eigenvalue weighted by Gasteiger charge is -2.35. The van der Waals surface area contributed by atoms with Gasteiger partial charge in [-0.2, -0.15) is 0 Å². The van der Waals surface area contributed by atoms with Gasteiger partial charge >= 0.3 is 0 Å². The number of benzene rings is 1. The van der Waals surface area contributed by atoms with Crippen LogP contribution in [0.3, 0.4) is 0 Å². The van der Waals surface area contributed by atoms with E-state index >= 15 is 0 Å². The second kappa shape index (κ2) is 9.14. The molecule has 0 amide bonds. The summed E-state index contributed by atoms with van der Waals surface area (Å²) in [6.07, 6.45) is 7.94. The summed E-state index contributed by atoms with van der Waals surface area (Å²) in [7, 11) is -1.18. The first-order valence-electron chi connectivity index (χ1n) is 10.5. The Morgan fingerprint density at radius 2 is 1.87 bits per heavy atom. The van der Waals surface area contributed by atoms with E-state index in [-0.39, 0.29) is 11.7 Å². The maximum Gasteiger partial charge on any atom is 0.211 e. The molecule has 1 fully saturated rings. The minimum Gasteiger partial charge on any atom is -0.356 e. The average Bonchev–Trinajstić information content (AvgIpc) is 3.23. The molecule has 2 aromatic heterocycles. The second-order valence-electron chi connectivity index (χ2n) is 8.13. The van der Waals surface area contributed by atoms with Crippen molar-refractivity contribution >= 4 is 26.9 Å². The molecular formula is C22H29N5O2S. The SMILES string of the molecule is CN(c1ncnc2[nH]ccc12)[C@H]1CC[C@H](CS(=O)(=O)NCCc2ccccc2)CC1. The summed E-state index contributed by atoms with van der Waals surface area (Å²) in [5.74, 6) is 1.36. The summed E-state index contributed by atoms with van der Waals surface area (Å²) in [4.78, 5) is 14.1. The van der Waals surface area contributed by atoms with E-state index in [1.54, 1.807) is 6.33 Å². The predicted octanol–water partition coefficient (Wildman–Crippen LogP) is 3.12. The first-order valence-corrected chi connectivity index (χ1v) is 12.2. The fraction of sp³-hybridized carbons (Fsp3) is 0.455. The zero-order valence-corrected chi connectivity index (χ0v) is 18.1. The lowest BCUT2D eigenvalue weighted by molar-refractivity contribution is 0.340. The van der Waals surface area contributed by atoms with E-state index in [9.17, 15) is 8.42 Å². The monoisotopic (exact) mass is 427 g/mol. The molecule has 3 aromatic rings. The molecule has 8 heteroatoms. The summed E-state index contributed by atoms with van der Waals surface area (Å²) in [5.41, 5.74) is 1.98.